The Labute approximate surface area is 124 Å². The molecular formula is C16H11F2NOS. The number of hydrogen-bond donors (Lipinski definition) is 0. The maximum absolute atomic E-state index is 13.5. The van der Waals surface area contributed by atoms with Crippen molar-refractivity contribution in [2.45, 2.75) is 9.79 Å². The minimum absolute atomic E-state index is 0.168. The minimum Gasteiger partial charge on any atom is -0.311 e. The number of halogens is 2. The van der Waals surface area contributed by atoms with Gasteiger partial charge in [-0.1, -0.05) is 11.8 Å². The van der Waals surface area contributed by atoms with Gasteiger partial charge in [0.1, 0.15) is 11.6 Å². The number of aryl methyl sites for hydroxylation is 1. The summed E-state index contributed by atoms with van der Waals surface area (Å²) in [6, 6.07) is 11.7. The molecule has 0 fully saturated rings. The van der Waals surface area contributed by atoms with E-state index in [1.165, 1.54) is 46.7 Å². The number of nitrogens with zero attached hydrogens (tertiary/aromatic N) is 1. The highest BCUT2D eigenvalue weighted by atomic mass is 32.2. The lowest BCUT2D eigenvalue weighted by molar-refractivity contribution is 0.626. The first kappa shape index (κ1) is 13.8. The smallest absolute Gasteiger partial charge is 0.251 e. The topological polar surface area (TPSA) is 22.0 Å². The second-order valence-corrected chi connectivity index (χ2v) is 5.74. The number of hydrogen-bond acceptors (Lipinski definition) is 2. The van der Waals surface area contributed by atoms with Crippen LogP contribution in [0, 0.1) is 11.6 Å². The van der Waals surface area contributed by atoms with Crippen molar-refractivity contribution < 1.29 is 8.78 Å². The van der Waals surface area contributed by atoms with Crippen LogP contribution in [0.15, 0.2) is 63.1 Å². The lowest BCUT2D eigenvalue weighted by Gasteiger charge is -2.10. The molecule has 106 valence electrons. The van der Waals surface area contributed by atoms with Crippen molar-refractivity contribution in [3.8, 4) is 0 Å². The monoisotopic (exact) mass is 303 g/mol. The van der Waals surface area contributed by atoms with Crippen LogP contribution in [-0.2, 0) is 7.05 Å². The molecule has 1 heterocycles. The van der Waals surface area contributed by atoms with Gasteiger partial charge in [0, 0.05) is 28.3 Å². The van der Waals surface area contributed by atoms with E-state index in [0.717, 1.165) is 4.90 Å². The van der Waals surface area contributed by atoms with E-state index >= 15 is 0 Å². The molecule has 0 aliphatic carbocycles. The molecule has 0 unspecified atom stereocenters. The van der Waals surface area contributed by atoms with Gasteiger partial charge in [0.2, 0.25) is 0 Å². The molecule has 0 bridgehead atoms. The van der Waals surface area contributed by atoms with Crippen molar-refractivity contribution in [3.63, 3.8) is 0 Å². The van der Waals surface area contributed by atoms with E-state index in [1.807, 2.05) is 0 Å². The zero-order valence-corrected chi connectivity index (χ0v) is 12.0. The van der Waals surface area contributed by atoms with Gasteiger partial charge in [-0.05, 0) is 42.5 Å². The third-order valence-corrected chi connectivity index (χ3v) is 4.28. The van der Waals surface area contributed by atoms with Crippen molar-refractivity contribution in [1.29, 1.82) is 0 Å². The average molecular weight is 303 g/mol. The lowest BCUT2D eigenvalue weighted by atomic mass is 10.2. The number of rotatable bonds is 2. The fraction of sp³-hybridized carbons (Fsp3) is 0.0625. The standard InChI is InChI=1S/C16H11F2NOS/c1-19-14-7-4-11(18)8-13(14)15(9-16(19)20)21-12-5-2-10(17)3-6-12/h2-9H,1H3. The van der Waals surface area contributed by atoms with E-state index in [-0.39, 0.29) is 17.2 Å². The Morgan fingerprint density at radius 1 is 0.952 bits per heavy atom. The summed E-state index contributed by atoms with van der Waals surface area (Å²) < 4.78 is 27.9. The van der Waals surface area contributed by atoms with Gasteiger partial charge in [-0.3, -0.25) is 4.79 Å². The Kier molecular flexibility index (Phi) is 3.51. The Morgan fingerprint density at radius 3 is 2.33 bits per heavy atom. The summed E-state index contributed by atoms with van der Waals surface area (Å²) >= 11 is 1.31. The highest BCUT2D eigenvalue weighted by Gasteiger charge is 2.09. The molecule has 0 aliphatic rings. The average Bonchev–Trinajstić information content (AvgIpc) is 2.47. The Balaban J connectivity index is 2.17. The fourth-order valence-corrected chi connectivity index (χ4v) is 3.08. The summed E-state index contributed by atoms with van der Waals surface area (Å²) in [5, 5.41) is 0.659. The zero-order valence-electron chi connectivity index (χ0n) is 11.1. The van der Waals surface area contributed by atoms with E-state index in [1.54, 1.807) is 25.2 Å². The minimum atomic E-state index is -0.359. The largest absolute Gasteiger partial charge is 0.311 e. The van der Waals surface area contributed by atoms with E-state index < -0.39 is 0 Å². The van der Waals surface area contributed by atoms with E-state index in [2.05, 4.69) is 0 Å². The number of benzene rings is 2. The molecule has 0 amide bonds. The molecule has 0 saturated heterocycles. The molecule has 0 atom stereocenters. The van der Waals surface area contributed by atoms with E-state index in [9.17, 15) is 13.6 Å². The van der Waals surface area contributed by atoms with Crippen LogP contribution in [-0.4, -0.2) is 4.57 Å². The molecule has 1 aromatic heterocycles. The highest BCUT2D eigenvalue weighted by Crippen LogP contribution is 2.32. The summed E-state index contributed by atoms with van der Waals surface area (Å²) in [6.07, 6.45) is 0. The Hall–Kier alpha value is -2.14. The van der Waals surface area contributed by atoms with Crippen LogP contribution in [0.25, 0.3) is 10.9 Å². The molecular weight excluding hydrogens is 292 g/mol. The van der Waals surface area contributed by atoms with Crippen LogP contribution < -0.4 is 5.56 Å². The predicted octanol–water partition coefficient (Wildman–Crippen LogP) is 3.97. The van der Waals surface area contributed by atoms with Crippen LogP contribution in [0.4, 0.5) is 8.78 Å². The Bertz CT molecular complexity index is 872. The highest BCUT2D eigenvalue weighted by molar-refractivity contribution is 7.99. The van der Waals surface area contributed by atoms with Gasteiger partial charge < -0.3 is 4.57 Å². The van der Waals surface area contributed by atoms with Crippen LogP contribution in [0.1, 0.15) is 0 Å². The van der Waals surface area contributed by atoms with Crippen LogP contribution in [0.5, 0.6) is 0 Å². The van der Waals surface area contributed by atoms with Gasteiger partial charge >= 0.3 is 0 Å². The zero-order chi connectivity index (χ0) is 15.0. The molecule has 0 spiro atoms. The molecule has 0 radical (unpaired) electrons. The first-order valence-corrected chi connectivity index (χ1v) is 7.09. The molecule has 0 aliphatic heterocycles. The molecule has 0 saturated carbocycles. The molecule has 2 aromatic carbocycles. The predicted molar refractivity (Wildman–Crippen MR) is 79.7 cm³/mol. The normalized spacial score (nSPS) is 11.0. The van der Waals surface area contributed by atoms with Crippen LogP contribution >= 0.6 is 11.8 Å². The molecule has 2 nitrogen and oxygen atoms in total. The van der Waals surface area contributed by atoms with Crippen LogP contribution in [0.2, 0.25) is 0 Å². The summed E-state index contributed by atoms with van der Waals surface area (Å²) in [4.78, 5) is 13.4. The van der Waals surface area contributed by atoms with Crippen molar-refractivity contribution in [1.82, 2.24) is 4.57 Å². The molecule has 3 rings (SSSR count). The van der Waals surface area contributed by atoms with Gasteiger partial charge in [-0.2, -0.15) is 0 Å². The molecule has 0 N–H and O–H groups in total. The lowest BCUT2D eigenvalue weighted by Crippen LogP contribution is -2.16. The first-order valence-electron chi connectivity index (χ1n) is 6.27. The maximum atomic E-state index is 13.5. The third-order valence-electron chi connectivity index (χ3n) is 3.21. The second kappa shape index (κ2) is 5.33. The number of pyridine rings is 1. The van der Waals surface area contributed by atoms with Gasteiger partial charge in [-0.25, -0.2) is 8.78 Å². The molecule has 3 aromatic rings. The van der Waals surface area contributed by atoms with Crippen molar-refractivity contribution >= 4 is 22.7 Å². The molecule has 5 heteroatoms. The van der Waals surface area contributed by atoms with Crippen molar-refractivity contribution in [2.75, 3.05) is 0 Å². The van der Waals surface area contributed by atoms with Crippen molar-refractivity contribution in [3.05, 3.63) is 70.5 Å². The fourth-order valence-electron chi connectivity index (χ4n) is 2.12. The summed E-state index contributed by atoms with van der Waals surface area (Å²) in [5.74, 6) is -0.679. The third kappa shape index (κ3) is 2.69. The van der Waals surface area contributed by atoms with Gasteiger partial charge in [-0.15, -0.1) is 0 Å². The summed E-state index contributed by atoms with van der Waals surface area (Å²) in [6.45, 7) is 0. The van der Waals surface area contributed by atoms with Gasteiger partial charge in [0.05, 0.1) is 5.52 Å². The van der Waals surface area contributed by atoms with Crippen molar-refractivity contribution in [2.24, 2.45) is 7.05 Å². The van der Waals surface area contributed by atoms with E-state index in [0.29, 0.717) is 15.8 Å². The van der Waals surface area contributed by atoms with Gasteiger partial charge in [0.15, 0.2) is 0 Å². The second-order valence-electron chi connectivity index (χ2n) is 4.62. The van der Waals surface area contributed by atoms with Gasteiger partial charge in [0.25, 0.3) is 5.56 Å². The van der Waals surface area contributed by atoms with Crippen LogP contribution in [0.3, 0.4) is 0 Å². The maximum Gasteiger partial charge on any atom is 0.251 e. The summed E-state index contributed by atoms with van der Waals surface area (Å²) in [7, 11) is 1.65. The number of fused-ring (bicyclic) bond motifs is 1. The SMILES string of the molecule is Cn1c(=O)cc(Sc2ccc(F)cc2)c2cc(F)ccc21. The first-order chi connectivity index (χ1) is 10.0. The van der Waals surface area contributed by atoms with E-state index in [4.69, 9.17) is 0 Å². The quantitative estimate of drug-likeness (QED) is 0.714. The number of aromatic nitrogens is 1. The summed E-state index contributed by atoms with van der Waals surface area (Å²) in [5.41, 5.74) is 0.493. The Morgan fingerprint density at radius 2 is 1.62 bits per heavy atom. The molecule has 21 heavy (non-hydrogen) atoms.